The predicted molar refractivity (Wildman–Crippen MR) is 210 cm³/mol. The summed E-state index contributed by atoms with van der Waals surface area (Å²) in [5, 5.41) is 3.67. The van der Waals surface area contributed by atoms with Gasteiger partial charge < -0.3 is 18.9 Å². The van der Waals surface area contributed by atoms with E-state index >= 15 is 4.79 Å². The summed E-state index contributed by atoms with van der Waals surface area (Å²) in [6.07, 6.45) is -0.202. The number of carbonyl (C=O) groups is 2. The molecule has 1 aliphatic heterocycles. The molecule has 1 fully saturated rings. The Morgan fingerprint density at radius 2 is 1.48 bits per heavy atom. The van der Waals surface area contributed by atoms with E-state index in [0.29, 0.717) is 12.8 Å². The van der Waals surface area contributed by atoms with Crippen LogP contribution in [0.5, 0.6) is 5.75 Å². The van der Waals surface area contributed by atoms with Crippen molar-refractivity contribution in [1.82, 2.24) is 4.90 Å². The van der Waals surface area contributed by atoms with Crippen LogP contribution in [0.2, 0.25) is 39.3 Å². The van der Waals surface area contributed by atoms with Gasteiger partial charge in [0, 0.05) is 9.26 Å². The largest absolute Gasteiger partial charge is 0.544 e. The highest BCUT2D eigenvalue weighted by atomic mass is 127. The fourth-order valence-corrected chi connectivity index (χ4v) is 8.47. The molecule has 0 aliphatic carbocycles. The molecule has 1 aliphatic rings. The summed E-state index contributed by atoms with van der Waals surface area (Å²) in [5.41, 5.74) is 3.38. The molecule has 1 N–H and O–H groups in total. The van der Waals surface area contributed by atoms with Crippen molar-refractivity contribution in [3.8, 4) is 5.75 Å². The summed E-state index contributed by atoms with van der Waals surface area (Å²) in [6, 6.07) is 30.7. The lowest BCUT2D eigenvalue weighted by Gasteiger charge is -2.34. The molecule has 5 rings (SSSR count). The highest BCUT2D eigenvalue weighted by Crippen LogP contribution is 2.39. The number of halogens is 2. The average Bonchev–Trinajstić information content (AvgIpc) is 3.45. The van der Waals surface area contributed by atoms with Crippen molar-refractivity contribution in [2.45, 2.75) is 70.3 Å². The Bertz CT molecular complexity index is 1730. The van der Waals surface area contributed by atoms with Gasteiger partial charge in [0.1, 0.15) is 24.2 Å². The van der Waals surface area contributed by atoms with Crippen molar-refractivity contribution in [3.63, 3.8) is 0 Å². The van der Waals surface area contributed by atoms with Crippen LogP contribution in [0.3, 0.4) is 0 Å². The third kappa shape index (κ3) is 10.3. The lowest BCUT2D eigenvalue weighted by atomic mass is 9.85. The number of cyclic esters (lactones) is 1. The molecule has 0 bridgehead atoms. The van der Waals surface area contributed by atoms with Gasteiger partial charge in [0.15, 0.2) is 8.32 Å². The van der Waals surface area contributed by atoms with Gasteiger partial charge >= 0.3 is 6.09 Å². The SMILES string of the molecule is C[Si](C)(C)Oc1ccc([C@@H](Nc2ccc(I)cc2)[C@@H](CC[C@H](O[Si](C)(C)C)c2ccc(F)cc2)C(=O)N2C(=O)OC[C@@H]2c2ccccc2)cc1. The average molecular weight is 825 g/mol. The zero-order chi connectivity index (χ0) is 36.1. The first-order valence-corrected chi connectivity index (χ1v) is 24.9. The minimum Gasteiger partial charge on any atom is -0.544 e. The molecule has 50 heavy (non-hydrogen) atoms. The highest BCUT2D eigenvalue weighted by molar-refractivity contribution is 14.1. The quantitative estimate of drug-likeness (QED) is 0.101. The van der Waals surface area contributed by atoms with Crippen molar-refractivity contribution in [2.24, 2.45) is 5.92 Å². The summed E-state index contributed by atoms with van der Waals surface area (Å²) in [6.45, 7) is 12.8. The van der Waals surface area contributed by atoms with Gasteiger partial charge in [-0.15, -0.1) is 0 Å². The van der Waals surface area contributed by atoms with E-state index in [4.69, 9.17) is 13.6 Å². The van der Waals surface area contributed by atoms with Gasteiger partial charge in [0.2, 0.25) is 14.2 Å². The molecule has 4 aromatic rings. The fraction of sp³-hybridized carbons (Fsp3) is 0.333. The van der Waals surface area contributed by atoms with Gasteiger partial charge in [-0.2, -0.15) is 0 Å². The number of ether oxygens (including phenoxy) is 1. The van der Waals surface area contributed by atoms with Crippen molar-refractivity contribution in [1.29, 1.82) is 0 Å². The number of nitrogens with one attached hydrogen (secondary N) is 1. The summed E-state index contributed by atoms with van der Waals surface area (Å²) in [7, 11) is -3.94. The molecule has 1 heterocycles. The van der Waals surface area contributed by atoms with Crippen molar-refractivity contribution in [2.75, 3.05) is 11.9 Å². The molecule has 0 radical (unpaired) electrons. The van der Waals surface area contributed by atoms with Gasteiger partial charge in [0.05, 0.1) is 18.1 Å². The van der Waals surface area contributed by atoms with E-state index in [1.54, 1.807) is 12.1 Å². The molecule has 0 unspecified atom stereocenters. The van der Waals surface area contributed by atoms with Gasteiger partial charge in [-0.05, 0) is 140 Å². The van der Waals surface area contributed by atoms with Crippen LogP contribution in [0.4, 0.5) is 14.9 Å². The number of nitrogens with zero attached hydrogens (tertiary/aromatic N) is 1. The summed E-state index contributed by atoms with van der Waals surface area (Å²) in [4.78, 5) is 29.7. The second kappa shape index (κ2) is 16.2. The topological polar surface area (TPSA) is 77.1 Å². The third-order valence-corrected chi connectivity index (χ3v) is 10.9. The van der Waals surface area contributed by atoms with Crippen LogP contribution in [0, 0.1) is 15.3 Å². The molecule has 0 spiro atoms. The number of rotatable bonds is 14. The lowest BCUT2D eigenvalue weighted by Crippen LogP contribution is -2.42. The fourth-order valence-electron chi connectivity index (χ4n) is 6.16. The second-order valence-corrected chi connectivity index (χ2v) is 24.7. The summed E-state index contributed by atoms with van der Waals surface area (Å²) < 4.78 is 33.5. The number of anilines is 1. The molecule has 7 nitrogen and oxygen atoms in total. The lowest BCUT2D eigenvalue weighted by molar-refractivity contribution is -0.134. The summed E-state index contributed by atoms with van der Waals surface area (Å²) >= 11 is 2.27. The first kappa shape index (κ1) is 37.7. The summed E-state index contributed by atoms with van der Waals surface area (Å²) in [5.74, 6) is -0.604. The Labute approximate surface area is 310 Å². The smallest absolute Gasteiger partial charge is 0.417 e. The maximum atomic E-state index is 15.0. The molecule has 0 aromatic heterocycles. The Balaban J connectivity index is 1.58. The van der Waals surface area contributed by atoms with E-state index in [0.717, 1.165) is 31.7 Å². The second-order valence-electron chi connectivity index (χ2n) is 14.6. The monoisotopic (exact) mass is 824 g/mol. The Hall–Kier alpha value is -3.53. The van der Waals surface area contributed by atoms with Crippen LogP contribution in [0.15, 0.2) is 103 Å². The van der Waals surface area contributed by atoms with Crippen LogP contribution in [0.25, 0.3) is 0 Å². The maximum Gasteiger partial charge on any atom is 0.417 e. The van der Waals surface area contributed by atoms with Crippen LogP contribution in [-0.2, 0) is 14.0 Å². The third-order valence-electron chi connectivity index (χ3n) is 8.32. The molecule has 11 heteroatoms. The number of imide groups is 1. The zero-order valence-electron chi connectivity index (χ0n) is 29.5. The maximum absolute atomic E-state index is 15.0. The standard InChI is InChI=1S/C39H46FIN2O5Si2/c1-49(2,3)47-33-22-14-29(15-23-33)37(42-32-20-18-31(41)19-21-32)34(24-25-36(48-50(4,5)6)28-12-16-30(40)17-13-28)38(44)43-35(26-46-39(43)45)27-10-8-7-9-11-27/h7-23,34-37,42H,24-26H2,1-6H3/t34-,35-,36+,37-/m1/s1. The minimum atomic E-state index is -2.08. The van der Waals surface area contributed by atoms with E-state index in [2.05, 4.69) is 67.2 Å². The van der Waals surface area contributed by atoms with E-state index in [-0.39, 0.29) is 24.4 Å². The van der Waals surface area contributed by atoms with Crippen molar-refractivity contribution >= 4 is 56.9 Å². The molecule has 4 atom stereocenters. The first-order chi connectivity index (χ1) is 23.7. The van der Waals surface area contributed by atoms with Gasteiger partial charge in [-0.3, -0.25) is 4.79 Å². The number of hydrogen-bond acceptors (Lipinski definition) is 6. The van der Waals surface area contributed by atoms with Gasteiger partial charge in [0.25, 0.3) is 0 Å². The van der Waals surface area contributed by atoms with Crippen LogP contribution in [-0.4, -0.2) is 40.1 Å². The van der Waals surface area contributed by atoms with Gasteiger partial charge in [-0.25, -0.2) is 14.1 Å². The predicted octanol–water partition coefficient (Wildman–Crippen LogP) is 10.5. The Kier molecular flexibility index (Phi) is 12.2. The minimum absolute atomic E-state index is 0.0796. The molecule has 0 saturated carbocycles. The molecule has 2 amide bonds. The van der Waals surface area contributed by atoms with Gasteiger partial charge in [-0.1, -0.05) is 54.6 Å². The van der Waals surface area contributed by atoms with Crippen molar-refractivity contribution < 1.29 is 27.6 Å². The van der Waals surface area contributed by atoms with Crippen LogP contribution < -0.4 is 9.74 Å². The van der Waals surface area contributed by atoms with E-state index < -0.39 is 40.7 Å². The van der Waals surface area contributed by atoms with Crippen molar-refractivity contribution in [3.05, 3.63) is 129 Å². The Morgan fingerprint density at radius 3 is 2.08 bits per heavy atom. The molecule has 1 saturated heterocycles. The van der Waals surface area contributed by atoms with E-state index in [1.807, 2.05) is 78.9 Å². The molecule has 264 valence electrons. The molecular formula is C39H46FIN2O5Si2. The van der Waals surface area contributed by atoms with Crippen LogP contribution >= 0.6 is 22.6 Å². The Morgan fingerprint density at radius 1 is 0.860 bits per heavy atom. The van der Waals surface area contributed by atoms with E-state index in [9.17, 15) is 9.18 Å². The first-order valence-electron chi connectivity index (χ1n) is 17.0. The highest BCUT2D eigenvalue weighted by Gasteiger charge is 2.44. The number of amides is 2. The number of benzene rings is 4. The normalized spacial score (nSPS) is 16.8. The van der Waals surface area contributed by atoms with Crippen LogP contribution in [0.1, 0.15) is 47.7 Å². The zero-order valence-corrected chi connectivity index (χ0v) is 33.6. The van der Waals surface area contributed by atoms with E-state index in [1.165, 1.54) is 17.0 Å². The molecule has 4 aromatic carbocycles. The number of hydrogen-bond donors (Lipinski definition) is 1. The molecular weight excluding hydrogens is 779 g/mol. The number of carbonyl (C=O) groups excluding carboxylic acids is 2.